The molecule has 1 saturated heterocycles. The second kappa shape index (κ2) is 20.7. The van der Waals surface area contributed by atoms with Crippen molar-refractivity contribution in [1.82, 2.24) is 26.2 Å². The highest BCUT2D eigenvalue weighted by Crippen LogP contribution is 2.30. The van der Waals surface area contributed by atoms with Crippen LogP contribution in [-0.4, -0.2) is 99.7 Å². The number of nitrogens with one attached hydrogen (secondary N) is 4. The number of likely N-dealkylation sites (tertiary alicyclic amines) is 1. The van der Waals surface area contributed by atoms with Gasteiger partial charge in [-0.1, -0.05) is 93.3 Å². The van der Waals surface area contributed by atoms with Crippen molar-refractivity contribution in [2.24, 2.45) is 5.92 Å². The summed E-state index contributed by atoms with van der Waals surface area (Å²) in [5.74, 6) is -8.20. The molecule has 2 aliphatic rings. The molecule has 16 heteroatoms. The number of carbonyl (C=O) groups is 8. The molecule has 2 aromatic rings. The number of amides is 5. The quantitative estimate of drug-likeness (QED) is 0.0888. The molecular weight excluding hydrogens is 714 g/mol. The van der Waals surface area contributed by atoms with Crippen LogP contribution in [0.15, 0.2) is 60.7 Å². The largest absolute Gasteiger partial charge is 0.481 e. The van der Waals surface area contributed by atoms with Gasteiger partial charge in [-0.2, -0.15) is 0 Å². The van der Waals surface area contributed by atoms with Crippen molar-refractivity contribution in [1.29, 1.82) is 0 Å². The van der Waals surface area contributed by atoms with Crippen LogP contribution in [0.1, 0.15) is 81.9 Å². The predicted molar refractivity (Wildman–Crippen MR) is 196 cm³/mol. The van der Waals surface area contributed by atoms with Crippen molar-refractivity contribution in [3.05, 3.63) is 71.8 Å². The van der Waals surface area contributed by atoms with Gasteiger partial charge < -0.3 is 41.1 Å². The molecule has 0 radical (unpaired) electrons. The van der Waals surface area contributed by atoms with Crippen molar-refractivity contribution in [3.8, 4) is 0 Å². The molecule has 1 aliphatic heterocycles. The van der Waals surface area contributed by atoms with E-state index >= 15 is 0 Å². The van der Waals surface area contributed by atoms with Crippen LogP contribution < -0.4 is 21.3 Å². The van der Waals surface area contributed by atoms with Gasteiger partial charge in [0.1, 0.15) is 18.5 Å². The first-order valence-electron chi connectivity index (χ1n) is 18.5. The summed E-state index contributed by atoms with van der Waals surface area (Å²) in [6.45, 7) is 1.19. The summed E-state index contributed by atoms with van der Waals surface area (Å²) in [7, 11) is 0. The number of hydrogen-bond donors (Lipinski definition) is 6. The molecule has 0 spiro atoms. The van der Waals surface area contributed by atoms with Crippen molar-refractivity contribution in [3.63, 3.8) is 0 Å². The lowest BCUT2D eigenvalue weighted by Gasteiger charge is -2.34. The fourth-order valence-electron chi connectivity index (χ4n) is 6.96. The summed E-state index contributed by atoms with van der Waals surface area (Å²) >= 11 is 0. The van der Waals surface area contributed by atoms with Gasteiger partial charge in [0.2, 0.25) is 29.4 Å². The third kappa shape index (κ3) is 12.5. The second-order valence-electron chi connectivity index (χ2n) is 13.8. The predicted octanol–water partition coefficient (Wildman–Crippen LogP) is 1.62. The zero-order chi connectivity index (χ0) is 39.9. The van der Waals surface area contributed by atoms with Crippen molar-refractivity contribution in [2.45, 2.75) is 102 Å². The van der Waals surface area contributed by atoms with E-state index < -0.39 is 90.5 Å². The number of Topliss-reactive ketones (excluding diaryl/α,β-unsaturated/α-hetero) is 1. The average molecular weight is 764 g/mol. The minimum atomic E-state index is -1.39. The highest BCUT2D eigenvalue weighted by Gasteiger charge is 2.45. The Kier molecular flexibility index (Phi) is 15.9. The standard InChI is InChI=1S/C39H49N5O11/c1-2-12-28(35(49)37(51)40-21-31(46)43-34(39(53)54)26-17-10-5-11-18-26)41-36(50)29-19-27(55-23-24-13-6-3-7-14-24)22-44(29)38(52)33(25-15-8-4-9-16-25)42-30(45)20-32(47)48/h3,5-7,10-11,13-14,17-18,25,27-29,33-34H,2,4,8-9,12,15-16,19-23H2,1H3,(H,40,51)(H,41,50)(H,42,45)(H,43,46)(H,47,48)(H,53,54). The normalized spacial score (nSPS) is 18.6. The maximum absolute atomic E-state index is 14.3. The van der Waals surface area contributed by atoms with Crippen molar-refractivity contribution >= 4 is 47.3 Å². The van der Waals surface area contributed by atoms with Gasteiger partial charge >= 0.3 is 11.9 Å². The Bertz CT molecular complexity index is 1680. The Labute approximate surface area is 318 Å². The van der Waals surface area contributed by atoms with Gasteiger partial charge in [-0.25, -0.2) is 4.79 Å². The number of aliphatic carboxylic acids is 2. The Hall–Kier alpha value is -5.64. The molecule has 1 aliphatic carbocycles. The molecule has 0 bridgehead atoms. The second-order valence-corrected chi connectivity index (χ2v) is 13.8. The molecule has 2 aromatic carbocycles. The Morgan fingerprint density at radius 3 is 2.11 bits per heavy atom. The number of hydrogen-bond acceptors (Lipinski definition) is 9. The van der Waals surface area contributed by atoms with E-state index in [0.29, 0.717) is 24.8 Å². The van der Waals surface area contributed by atoms with Gasteiger partial charge in [0.25, 0.3) is 5.91 Å². The summed E-state index contributed by atoms with van der Waals surface area (Å²) in [5, 5.41) is 28.5. The van der Waals surface area contributed by atoms with Gasteiger partial charge in [0, 0.05) is 13.0 Å². The fourth-order valence-corrected chi connectivity index (χ4v) is 6.96. The number of benzene rings is 2. The van der Waals surface area contributed by atoms with Crippen LogP contribution in [0.4, 0.5) is 0 Å². The molecule has 296 valence electrons. The number of carbonyl (C=O) groups excluding carboxylic acids is 6. The van der Waals surface area contributed by atoms with E-state index in [1.807, 2.05) is 30.3 Å². The maximum atomic E-state index is 14.3. The molecule has 4 rings (SSSR count). The first-order chi connectivity index (χ1) is 26.4. The molecule has 16 nitrogen and oxygen atoms in total. The van der Waals surface area contributed by atoms with Crippen LogP contribution in [-0.2, 0) is 49.7 Å². The summed E-state index contributed by atoms with van der Waals surface area (Å²) in [4.78, 5) is 104. The van der Waals surface area contributed by atoms with E-state index in [2.05, 4.69) is 21.3 Å². The summed E-state index contributed by atoms with van der Waals surface area (Å²) in [6, 6.07) is 12.2. The van der Waals surface area contributed by atoms with Crippen LogP contribution in [0.3, 0.4) is 0 Å². The fraction of sp³-hybridized carbons (Fsp3) is 0.487. The van der Waals surface area contributed by atoms with E-state index in [1.54, 1.807) is 25.1 Å². The summed E-state index contributed by atoms with van der Waals surface area (Å²) < 4.78 is 6.13. The third-order valence-corrected chi connectivity index (χ3v) is 9.72. The number of ketones is 1. The van der Waals surface area contributed by atoms with Gasteiger partial charge in [0.05, 0.1) is 25.3 Å². The molecule has 1 heterocycles. The van der Waals surface area contributed by atoms with Crippen LogP contribution in [0.2, 0.25) is 0 Å². The van der Waals surface area contributed by atoms with Crippen LogP contribution in [0.25, 0.3) is 0 Å². The highest BCUT2D eigenvalue weighted by molar-refractivity contribution is 6.38. The topological polar surface area (TPSA) is 238 Å². The molecule has 5 atom stereocenters. The smallest absolute Gasteiger partial charge is 0.330 e. The van der Waals surface area contributed by atoms with E-state index in [-0.39, 0.29) is 31.9 Å². The number of carboxylic acids is 2. The lowest BCUT2D eigenvalue weighted by atomic mass is 9.83. The summed E-state index contributed by atoms with van der Waals surface area (Å²) in [6.07, 6.45) is 2.82. The third-order valence-electron chi connectivity index (χ3n) is 9.72. The Morgan fingerprint density at radius 2 is 1.49 bits per heavy atom. The number of rotatable bonds is 19. The molecule has 55 heavy (non-hydrogen) atoms. The molecule has 6 N–H and O–H groups in total. The molecule has 0 aromatic heterocycles. The molecular formula is C39H49N5O11. The summed E-state index contributed by atoms with van der Waals surface area (Å²) in [5.41, 5.74) is 1.16. The zero-order valence-electron chi connectivity index (χ0n) is 30.7. The lowest BCUT2D eigenvalue weighted by Crippen LogP contribution is -2.58. The lowest BCUT2D eigenvalue weighted by molar-refractivity contribution is -0.146. The number of ether oxygens (including phenoxy) is 1. The molecule has 5 unspecified atom stereocenters. The molecule has 1 saturated carbocycles. The van der Waals surface area contributed by atoms with Gasteiger partial charge in [0.15, 0.2) is 6.04 Å². The van der Waals surface area contributed by atoms with Gasteiger partial charge in [-0.15, -0.1) is 0 Å². The van der Waals surface area contributed by atoms with E-state index in [4.69, 9.17) is 4.74 Å². The van der Waals surface area contributed by atoms with E-state index in [9.17, 15) is 48.6 Å². The average Bonchev–Trinajstić information content (AvgIpc) is 3.62. The van der Waals surface area contributed by atoms with Crippen molar-refractivity contribution < 1.29 is 53.3 Å². The van der Waals surface area contributed by atoms with E-state index in [0.717, 1.165) is 24.8 Å². The first kappa shape index (κ1) is 42.1. The monoisotopic (exact) mass is 763 g/mol. The minimum Gasteiger partial charge on any atom is -0.481 e. The first-order valence-corrected chi connectivity index (χ1v) is 18.5. The number of carboxylic acid groups (broad SMARTS) is 2. The molecule has 2 fully saturated rings. The minimum absolute atomic E-state index is 0.0237. The van der Waals surface area contributed by atoms with Gasteiger partial charge in [-0.3, -0.25) is 33.6 Å². The Morgan fingerprint density at radius 1 is 0.836 bits per heavy atom. The van der Waals surface area contributed by atoms with Crippen LogP contribution in [0.5, 0.6) is 0 Å². The highest BCUT2D eigenvalue weighted by atomic mass is 16.5. The maximum Gasteiger partial charge on any atom is 0.330 e. The van der Waals surface area contributed by atoms with Gasteiger partial charge in [-0.05, 0) is 36.3 Å². The number of nitrogens with zero attached hydrogens (tertiary/aromatic N) is 1. The SMILES string of the molecule is CCCC(NC(=O)C1CC(OCc2ccccc2)CN1C(=O)C(NC(=O)CC(=O)O)C1CCCCC1)C(=O)C(=O)NCC(=O)NC(C(=O)O)c1ccccc1. The van der Waals surface area contributed by atoms with E-state index in [1.165, 1.54) is 17.0 Å². The zero-order valence-corrected chi connectivity index (χ0v) is 30.7. The van der Waals surface area contributed by atoms with Crippen LogP contribution in [0, 0.1) is 5.92 Å². The Balaban J connectivity index is 1.48. The molecule has 5 amide bonds. The van der Waals surface area contributed by atoms with Crippen molar-refractivity contribution in [2.75, 3.05) is 13.1 Å². The van der Waals surface area contributed by atoms with Crippen LogP contribution >= 0.6 is 0 Å².